The average Bonchev–Trinajstić information content (AvgIpc) is 2.81. The van der Waals surface area contributed by atoms with Gasteiger partial charge in [-0.05, 0) is 80.2 Å². The second-order valence-corrected chi connectivity index (χ2v) is 10.8. The zero-order valence-electron chi connectivity index (χ0n) is 19.2. The van der Waals surface area contributed by atoms with Crippen LogP contribution >= 0.6 is 0 Å². The summed E-state index contributed by atoms with van der Waals surface area (Å²) in [4.78, 5) is 23.0. The maximum absolute atomic E-state index is 13.8. The van der Waals surface area contributed by atoms with E-state index in [0.717, 1.165) is 53.5 Å². The van der Waals surface area contributed by atoms with E-state index in [0.29, 0.717) is 24.9 Å². The summed E-state index contributed by atoms with van der Waals surface area (Å²) in [5, 5.41) is 3.66. The van der Waals surface area contributed by atoms with Crippen LogP contribution in [0.1, 0.15) is 55.3 Å². The molecule has 6 nitrogen and oxygen atoms in total. The van der Waals surface area contributed by atoms with Crippen LogP contribution in [0.2, 0.25) is 0 Å². The minimum absolute atomic E-state index is 0.244. The molecule has 4 aliphatic carbocycles. The molecule has 1 aromatic carbocycles. The third-order valence-electron chi connectivity index (χ3n) is 8.46. The Balaban J connectivity index is 1.09. The number of carbonyl (C=O) groups excluding carboxylic acids is 1. The lowest BCUT2D eigenvalue weighted by atomic mass is 9.49. The molecule has 5 aliphatic rings. The van der Waals surface area contributed by atoms with Gasteiger partial charge in [-0.25, -0.2) is 23.5 Å². The normalized spacial score (nSPS) is 29.1. The van der Waals surface area contributed by atoms with Gasteiger partial charge in [-0.3, -0.25) is 0 Å². The van der Waals surface area contributed by atoms with Crippen LogP contribution in [0.25, 0.3) is 0 Å². The van der Waals surface area contributed by atoms with Crippen LogP contribution in [0.15, 0.2) is 24.5 Å². The highest BCUT2D eigenvalue weighted by Crippen LogP contribution is 2.59. The third-order valence-corrected chi connectivity index (χ3v) is 8.46. The molecule has 34 heavy (non-hydrogen) atoms. The number of aromatic nitrogens is 2. The lowest BCUT2D eigenvalue weighted by molar-refractivity contribution is -0.0444. The first-order chi connectivity index (χ1) is 16.5. The Morgan fingerprint density at radius 1 is 1.09 bits per heavy atom. The van der Waals surface area contributed by atoms with Gasteiger partial charge >= 0.3 is 6.09 Å². The van der Waals surface area contributed by atoms with Crippen LogP contribution in [0, 0.1) is 34.8 Å². The second-order valence-electron chi connectivity index (χ2n) is 10.8. The van der Waals surface area contributed by atoms with Crippen molar-refractivity contribution in [2.24, 2.45) is 23.2 Å². The summed E-state index contributed by atoms with van der Waals surface area (Å²) in [6, 6.07) is 3.59. The van der Waals surface area contributed by atoms with Crippen LogP contribution in [-0.2, 0) is 24.3 Å². The molecular formula is C26H30F2N4O2. The Labute approximate surface area is 198 Å². The number of anilines is 1. The predicted octanol–water partition coefficient (Wildman–Crippen LogP) is 5.08. The molecule has 0 spiro atoms. The number of rotatable bonds is 5. The Bertz CT molecular complexity index is 1050. The summed E-state index contributed by atoms with van der Waals surface area (Å²) in [6.45, 7) is 1.26. The summed E-state index contributed by atoms with van der Waals surface area (Å²) in [5.41, 5.74) is 2.01. The van der Waals surface area contributed by atoms with E-state index in [4.69, 9.17) is 4.74 Å². The topological polar surface area (TPSA) is 67.3 Å². The van der Waals surface area contributed by atoms with E-state index in [1.165, 1.54) is 49.5 Å². The van der Waals surface area contributed by atoms with Crippen LogP contribution in [0.3, 0.4) is 0 Å². The number of hydrogen-bond donors (Lipinski definition) is 1. The molecule has 1 aliphatic heterocycles. The van der Waals surface area contributed by atoms with Crippen molar-refractivity contribution in [1.29, 1.82) is 0 Å². The molecule has 4 fully saturated rings. The van der Waals surface area contributed by atoms with Gasteiger partial charge in [-0.1, -0.05) is 6.07 Å². The van der Waals surface area contributed by atoms with Crippen molar-refractivity contribution < 1.29 is 18.3 Å². The number of ether oxygens (including phenoxy) is 1. The number of fused-ring (bicyclic) bond motifs is 1. The fraction of sp³-hybridized carbons (Fsp3) is 0.577. The lowest BCUT2D eigenvalue weighted by Crippen LogP contribution is -2.49. The standard InChI is InChI=1S/C26H30F2N4O2/c27-21-2-1-3-22(28)20(21)13-34-25(33)32-5-4-19-23(12-32)30-15-31-24(19)29-14-26-9-16-6-17(10-26)8-18(7-16)11-26/h1-3,15-18H,4-14H2,(H,29,30,31). The zero-order chi connectivity index (χ0) is 23.3. The Hall–Kier alpha value is -2.77. The number of nitrogens with zero attached hydrogens (tertiary/aromatic N) is 3. The molecule has 1 amide bonds. The number of hydrogen-bond acceptors (Lipinski definition) is 5. The van der Waals surface area contributed by atoms with E-state index >= 15 is 0 Å². The van der Waals surface area contributed by atoms with Crippen molar-refractivity contribution in [1.82, 2.24) is 14.9 Å². The monoisotopic (exact) mass is 468 g/mol. The molecule has 2 heterocycles. The van der Waals surface area contributed by atoms with E-state index < -0.39 is 24.3 Å². The number of halogens is 2. The Morgan fingerprint density at radius 3 is 2.44 bits per heavy atom. The maximum atomic E-state index is 13.8. The van der Waals surface area contributed by atoms with Gasteiger partial charge in [0.25, 0.3) is 0 Å². The van der Waals surface area contributed by atoms with E-state index in [-0.39, 0.29) is 5.56 Å². The van der Waals surface area contributed by atoms with Gasteiger partial charge < -0.3 is 15.0 Å². The van der Waals surface area contributed by atoms with Gasteiger partial charge in [-0.2, -0.15) is 0 Å². The molecule has 4 saturated carbocycles. The SMILES string of the molecule is O=C(OCc1c(F)cccc1F)N1CCc2c(ncnc2NCC23CC4CC(CC(C4)C2)C3)C1. The van der Waals surface area contributed by atoms with Crippen LogP contribution in [-0.4, -0.2) is 34.1 Å². The van der Waals surface area contributed by atoms with E-state index in [2.05, 4.69) is 15.3 Å². The van der Waals surface area contributed by atoms with E-state index in [1.54, 1.807) is 6.33 Å². The molecule has 7 rings (SSSR count). The van der Waals surface area contributed by atoms with E-state index in [1.807, 2.05) is 0 Å². The molecule has 0 unspecified atom stereocenters. The van der Waals surface area contributed by atoms with Gasteiger partial charge in [0.1, 0.15) is 30.4 Å². The first-order valence-electron chi connectivity index (χ1n) is 12.4. The second kappa shape index (κ2) is 8.47. The van der Waals surface area contributed by atoms with Crippen LogP contribution < -0.4 is 5.32 Å². The van der Waals surface area contributed by atoms with Gasteiger partial charge in [0.05, 0.1) is 17.8 Å². The van der Waals surface area contributed by atoms with Crippen molar-refractivity contribution in [2.45, 2.75) is 58.1 Å². The van der Waals surface area contributed by atoms with Crippen molar-refractivity contribution in [3.8, 4) is 0 Å². The maximum Gasteiger partial charge on any atom is 0.410 e. The molecule has 180 valence electrons. The van der Waals surface area contributed by atoms with Gasteiger partial charge in [0, 0.05) is 18.7 Å². The van der Waals surface area contributed by atoms with Crippen molar-refractivity contribution in [3.05, 3.63) is 53.0 Å². The summed E-state index contributed by atoms with van der Waals surface area (Å²) in [7, 11) is 0. The summed E-state index contributed by atoms with van der Waals surface area (Å²) < 4.78 is 32.9. The number of amides is 1. The number of benzene rings is 1. The van der Waals surface area contributed by atoms with Crippen molar-refractivity contribution in [3.63, 3.8) is 0 Å². The molecule has 0 saturated heterocycles. The van der Waals surface area contributed by atoms with Gasteiger partial charge in [0.2, 0.25) is 0 Å². The van der Waals surface area contributed by atoms with Gasteiger partial charge in [-0.15, -0.1) is 0 Å². The molecule has 1 N–H and O–H groups in total. The highest BCUT2D eigenvalue weighted by Gasteiger charge is 2.50. The molecule has 0 atom stereocenters. The Kier molecular flexibility index (Phi) is 5.41. The summed E-state index contributed by atoms with van der Waals surface area (Å²) in [6.07, 6.45) is 9.85. The molecular weight excluding hydrogens is 438 g/mol. The summed E-state index contributed by atoms with van der Waals surface area (Å²) >= 11 is 0. The predicted molar refractivity (Wildman–Crippen MR) is 122 cm³/mol. The smallest absolute Gasteiger partial charge is 0.410 e. The van der Waals surface area contributed by atoms with Crippen molar-refractivity contribution in [2.75, 3.05) is 18.4 Å². The molecule has 8 heteroatoms. The minimum atomic E-state index is -0.723. The first-order valence-corrected chi connectivity index (χ1v) is 12.4. The van der Waals surface area contributed by atoms with Crippen LogP contribution in [0.4, 0.5) is 19.4 Å². The third kappa shape index (κ3) is 4.01. The highest BCUT2D eigenvalue weighted by molar-refractivity contribution is 5.68. The molecule has 1 aromatic heterocycles. The minimum Gasteiger partial charge on any atom is -0.444 e. The lowest BCUT2D eigenvalue weighted by Gasteiger charge is -2.57. The average molecular weight is 469 g/mol. The van der Waals surface area contributed by atoms with E-state index in [9.17, 15) is 13.6 Å². The number of nitrogens with one attached hydrogen (secondary N) is 1. The molecule has 0 radical (unpaired) electrons. The van der Waals surface area contributed by atoms with Crippen LogP contribution in [0.5, 0.6) is 0 Å². The fourth-order valence-corrected chi connectivity index (χ4v) is 7.34. The first kappa shape index (κ1) is 21.7. The fourth-order valence-electron chi connectivity index (χ4n) is 7.34. The van der Waals surface area contributed by atoms with Gasteiger partial charge in [0.15, 0.2) is 0 Å². The summed E-state index contributed by atoms with van der Waals surface area (Å²) in [5.74, 6) is 2.15. The zero-order valence-corrected chi connectivity index (χ0v) is 19.2. The quantitative estimate of drug-likeness (QED) is 0.663. The number of carbonyl (C=O) groups is 1. The molecule has 2 aromatic rings. The largest absolute Gasteiger partial charge is 0.444 e. The molecule has 4 bridgehead atoms. The Morgan fingerprint density at radius 2 is 1.76 bits per heavy atom. The van der Waals surface area contributed by atoms with Crippen molar-refractivity contribution >= 4 is 11.9 Å². The highest BCUT2D eigenvalue weighted by atomic mass is 19.1.